The summed E-state index contributed by atoms with van der Waals surface area (Å²) in [6, 6.07) is 13.8. The lowest BCUT2D eigenvalue weighted by molar-refractivity contribution is -0.384. The fraction of sp³-hybridized carbons (Fsp3) is 0.227. The van der Waals surface area contributed by atoms with Crippen LogP contribution in [0.3, 0.4) is 0 Å². The van der Waals surface area contributed by atoms with Gasteiger partial charge in [0.05, 0.1) is 16.6 Å². The van der Waals surface area contributed by atoms with E-state index in [0.29, 0.717) is 5.56 Å². The molecule has 2 amide bonds. The second-order valence-corrected chi connectivity index (χ2v) is 8.92. The summed E-state index contributed by atoms with van der Waals surface area (Å²) in [5.74, 6) is -2.88. The fourth-order valence-electron chi connectivity index (χ4n) is 3.81. The summed E-state index contributed by atoms with van der Waals surface area (Å²) < 4.78 is 0. The van der Waals surface area contributed by atoms with Gasteiger partial charge in [-0.3, -0.25) is 24.6 Å². The second kappa shape index (κ2) is 8.94. The van der Waals surface area contributed by atoms with E-state index >= 15 is 0 Å². The number of fused-ring (bicyclic) bond motifs is 1. The number of carboxylic acid groups (broad SMARTS) is 1. The van der Waals surface area contributed by atoms with E-state index in [9.17, 15) is 34.7 Å². The van der Waals surface area contributed by atoms with E-state index in [1.807, 2.05) is 6.07 Å². The molecule has 11 heteroatoms. The molecule has 3 atom stereocenters. The number of carbonyl (C=O) groups excluding carboxylic acids is 2. The Balaban J connectivity index is 1.51. The quantitative estimate of drug-likeness (QED) is 0.317. The Hall–Kier alpha value is -3.86. The number of aliphatic hydroxyl groups is 1. The molecule has 10 nitrogen and oxygen atoms in total. The molecule has 2 aromatic carbocycles. The van der Waals surface area contributed by atoms with E-state index in [1.165, 1.54) is 24.3 Å². The van der Waals surface area contributed by atoms with Crippen molar-refractivity contribution in [1.29, 1.82) is 0 Å². The van der Waals surface area contributed by atoms with Crippen molar-refractivity contribution < 1.29 is 29.5 Å². The van der Waals surface area contributed by atoms with Crippen molar-refractivity contribution in [3.8, 4) is 0 Å². The predicted molar refractivity (Wildman–Crippen MR) is 118 cm³/mol. The molecule has 4 rings (SSSR count). The number of nitrogens with one attached hydrogen (secondary N) is 1. The lowest BCUT2D eigenvalue weighted by Crippen LogP contribution is -2.71. The van der Waals surface area contributed by atoms with Crippen molar-refractivity contribution in [2.75, 3.05) is 0 Å². The van der Waals surface area contributed by atoms with E-state index in [4.69, 9.17) is 0 Å². The number of benzene rings is 2. The van der Waals surface area contributed by atoms with Gasteiger partial charge < -0.3 is 15.5 Å². The summed E-state index contributed by atoms with van der Waals surface area (Å²) in [6.45, 7) is 0. The molecule has 1 saturated heterocycles. The molecule has 2 heterocycles. The monoisotopic (exact) mass is 469 g/mol. The normalized spacial score (nSPS) is 21.8. The summed E-state index contributed by atoms with van der Waals surface area (Å²) in [5, 5.41) is 32.3. The first kappa shape index (κ1) is 22.3. The van der Waals surface area contributed by atoms with Gasteiger partial charge in [-0.05, 0) is 17.5 Å². The Morgan fingerprint density at radius 1 is 1.09 bits per heavy atom. The number of hydrogen-bond acceptors (Lipinski definition) is 7. The Labute approximate surface area is 192 Å². The first-order chi connectivity index (χ1) is 15.8. The second-order valence-electron chi connectivity index (χ2n) is 7.60. The molecule has 170 valence electrons. The van der Waals surface area contributed by atoms with Crippen LogP contribution in [-0.4, -0.2) is 54.5 Å². The number of non-ortho nitro benzene ring substituents is 1. The van der Waals surface area contributed by atoms with Gasteiger partial charge in [-0.2, -0.15) is 0 Å². The van der Waals surface area contributed by atoms with E-state index in [0.717, 1.165) is 22.2 Å². The highest BCUT2D eigenvalue weighted by Crippen LogP contribution is 2.44. The van der Waals surface area contributed by atoms with Gasteiger partial charge in [0.1, 0.15) is 17.2 Å². The lowest BCUT2D eigenvalue weighted by atomic mass is 10.0. The highest BCUT2D eigenvalue weighted by atomic mass is 32.2. The number of rotatable bonds is 7. The van der Waals surface area contributed by atoms with Gasteiger partial charge in [0.2, 0.25) is 5.91 Å². The molecule has 33 heavy (non-hydrogen) atoms. The van der Waals surface area contributed by atoms with Crippen LogP contribution in [0.4, 0.5) is 5.69 Å². The summed E-state index contributed by atoms with van der Waals surface area (Å²) in [7, 11) is 0. The van der Waals surface area contributed by atoms with Crippen molar-refractivity contribution in [2.24, 2.45) is 0 Å². The first-order valence-electron chi connectivity index (χ1n) is 9.98. The molecule has 3 N–H and O–H groups in total. The number of hydrogen-bond donors (Lipinski definition) is 3. The summed E-state index contributed by atoms with van der Waals surface area (Å²) in [4.78, 5) is 48.2. The molecule has 0 aliphatic carbocycles. The Morgan fingerprint density at radius 2 is 1.76 bits per heavy atom. The summed E-state index contributed by atoms with van der Waals surface area (Å²) in [5.41, 5.74) is 0.829. The third-order valence-electron chi connectivity index (χ3n) is 5.43. The molecule has 0 spiro atoms. The van der Waals surface area contributed by atoms with Crippen molar-refractivity contribution in [1.82, 2.24) is 10.2 Å². The average molecular weight is 469 g/mol. The van der Waals surface area contributed by atoms with Crippen LogP contribution >= 0.6 is 11.8 Å². The number of nitrogens with zero attached hydrogens (tertiary/aromatic N) is 2. The number of amides is 2. The minimum atomic E-state index is -1.45. The molecule has 0 saturated carbocycles. The maximum absolute atomic E-state index is 12.6. The Kier molecular flexibility index (Phi) is 6.05. The zero-order chi connectivity index (χ0) is 23.7. The largest absolute Gasteiger partial charge is 0.509 e. The molecule has 2 aromatic rings. The van der Waals surface area contributed by atoms with E-state index in [1.54, 1.807) is 24.3 Å². The van der Waals surface area contributed by atoms with Gasteiger partial charge in [-0.15, -0.1) is 11.8 Å². The Morgan fingerprint density at radius 3 is 2.36 bits per heavy atom. The molecule has 1 fully saturated rings. The summed E-state index contributed by atoms with van der Waals surface area (Å²) >= 11 is 1.16. The smallest absolute Gasteiger partial charge is 0.356 e. The number of aliphatic hydroxyl groups excluding tert-OH is 1. The number of nitro benzene ring substituents is 1. The highest BCUT2D eigenvalue weighted by molar-refractivity contribution is 8.00. The number of nitro groups is 1. The van der Waals surface area contributed by atoms with Crippen molar-refractivity contribution in [2.45, 2.75) is 29.5 Å². The first-order valence-corrected chi connectivity index (χ1v) is 10.9. The van der Waals surface area contributed by atoms with Crippen molar-refractivity contribution >= 4 is 35.2 Å². The topological polar surface area (TPSA) is 150 Å². The van der Waals surface area contributed by atoms with E-state index < -0.39 is 44.9 Å². The number of carboxylic acids is 1. The maximum Gasteiger partial charge on any atom is 0.356 e. The van der Waals surface area contributed by atoms with Crippen LogP contribution in [0.2, 0.25) is 0 Å². The minimum absolute atomic E-state index is 0.0705. The zero-order valence-electron chi connectivity index (χ0n) is 17.1. The molecule has 2 unspecified atom stereocenters. The maximum atomic E-state index is 12.6. The highest BCUT2D eigenvalue weighted by Gasteiger charge is 2.56. The van der Waals surface area contributed by atoms with Crippen LogP contribution in [-0.2, 0) is 27.2 Å². The van der Waals surface area contributed by atoms with Gasteiger partial charge >= 0.3 is 5.97 Å². The zero-order valence-corrected chi connectivity index (χ0v) is 17.9. The van der Waals surface area contributed by atoms with Crippen molar-refractivity contribution in [3.05, 3.63) is 87.3 Å². The predicted octanol–water partition coefficient (Wildman–Crippen LogP) is 2.00. The SMILES string of the molecule is O=C(Cc1ccccc1)NC1C(=O)N2C(C(=O)O)=C(O)C(Cc3ccc([N+](=O)[O-])cc3)S[C@H]12. The van der Waals surface area contributed by atoms with Crippen LogP contribution in [0.5, 0.6) is 0 Å². The molecule has 0 radical (unpaired) electrons. The van der Waals surface area contributed by atoms with Crippen LogP contribution < -0.4 is 5.32 Å². The molecular formula is C22H19N3O7S. The lowest BCUT2D eigenvalue weighted by Gasteiger charge is -2.50. The van der Waals surface area contributed by atoms with Crippen LogP contribution in [0, 0.1) is 10.1 Å². The van der Waals surface area contributed by atoms with Gasteiger partial charge in [-0.1, -0.05) is 42.5 Å². The minimum Gasteiger partial charge on any atom is -0.509 e. The molecular weight excluding hydrogens is 450 g/mol. The average Bonchev–Trinajstić information content (AvgIpc) is 2.79. The molecule has 0 aromatic heterocycles. The van der Waals surface area contributed by atoms with Gasteiger partial charge in [0, 0.05) is 12.1 Å². The van der Waals surface area contributed by atoms with Gasteiger partial charge in [0.15, 0.2) is 5.70 Å². The number of β-lactam (4-membered cyclic amide) rings is 1. The van der Waals surface area contributed by atoms with Crippen LogP contribution in [0.1, 0.15) is 11.1 Å². The third kappa shape index (κ3) is 4.40. The molecule has 2 aliphatic rings. The van der Waals surface area contributed by atoms with Crippen molar-refractivity contribution in [3.63, 3.8) is 0 Å². The van der Waals surface area contributed by atoms with Gasteiger partial charge in [0.25, 0.3) is 11.6 Å². The Bertz CT molecular complexity index is 1150. The third-order valence-corrected chi connectivity index (χ3v) is 6.91. The molecule has 2 aliphatic heterocycles. The number of carbonyl (C=O) groups is 3. The van der Waals surface area contributed by atoms with Gasteiger partial charge in [-0.25, -0.2) is 4.79 Å². The van der Waals surface area contributed by atoms with E-state index in [2.05, 4.69) is 5.32 Å². The number of thioether (sulfide) groups is 1. The van der Waals surface area contributed by atoms with E-state index in [-0.39, 0.29) is 24.4 Å². The van der Waals surface area contributed by atoms with Crippen LogP contribution in [0.15, 0.2) is 66.1 Å². The fourth-order valence-corrected chi connectivity index (χ4v) is 5.35. The molecule has 0 bridgehead atoms. The number of aliphatic carboxylic acids is 1. The summed E-state index contributed by atoms with van der Waals surface area (Å²) in [6.07, 6.45) is 0.260. The standard InChI is InChI=1S/C22H19N3O7S/c26-16(11-12-4-2-1-3-5-12)23-17-20(28)24-18(22(29)30)19(27)15(33-21(17)24)10-13-6-8-14(9-7-13)25(31)32/h1-9,15,17,21,27H,10-11H2,(H,23,26)(H,29,30)/t15?,17?,21-/m1/s1. The van der Waals surface area contributed by atoms with Crippen LogP contribution in [0.25, 0.3) is 0 Å².